The first-order chi connectivity index (χ1) is 7.88. The number of benzene rings is 1. The molecule has 0 bridgehead atoms. The van der Waals surface area contributed by atoms with Crippen LogP contribution in [0.2, 0.25) is 0 Å². The van der Waals surface area contributed by atoms with Crippen LogP contribution in [0.25, 0.3) is 5.57 Å². The van der Waals surface area contributed by atoms with Crippen molar-refractivity contribution in [1.29, 1.82) is 0 Å². The third-order valence-electron chi connectivity index (χ3n) is 2.99. The summed E-state index contributed by atoms with van der Waals surface area (Å²) in [6.07, 6.45) is -0.0343. The van der Waals surface area contributed by atoms with Gasteiger partial charge < -0.3 is 9.84 Å². The van der Waals surface area contributed by atoms with Gasteiger partial charge in [-0.25, -0.2) is 0 Å². The van der Waals surface area contributed by atoms with Crippen LogP contribution in [0.5, 0.6) is 5.75 Å². The second-order valence-electron chi connectivity index (χ2n) is 4.19. The molecule has 0 aliphatic rings. The third-order valence-corrected chi connectivity index (χ3v) is 2.99. The van der Waals surface area contributed by atoms with Gasteiger partial charge in [0.15, 0.2) is 0 Å². The van der Waals surface area contributed by atoms with Gasteiger partial charge in [-0.3, -0.25) is 4.79 Å². The number of rotatable bonds is 4. The molecule has 1 N–H and O–H groups in total. The molecule has 0 saturated heterocycles. The Hall–Kier alpha value is -1.77. The second-order valence-corrected chi connectivity index (χ2v) is 4.19. The summed E-state index contributed by atoms with van der Waals surface area (Å²) in [6, 6.07) is 1.92. The number of carbonyl (C=O) groups is 1. The molecule has 0 spiro atoms. The Bertz CT molecular complexity index is 473. The SMILES string of the molecule is C=C(CC(=O)O)c1c(C)cc(OC)c(C)c1C. The van der Waals surface area contributed by atoms with E-state index >= 15 is 0 Å². The Morgan fingerprint density at radius 1 is 1.35 bits per heavy atom. The van der Waals surface area contributed by atoms with Gasteiger partial charge in [0.25, 0.3) is 0 Å². The summed E-state index contributed by atoms with van der Waals surface area (Å²) in [5, 5.41) is 8.81. The number of hydrogen-bond acceptors (Lipinski definition) is 2. The van der Waals surface area contributed by atoms with E-state index in [1.54, 1.807) is 7.11 Å². The summed E-state index contributed by atoms with van der Waals surface area (Å²) in [7, 11) is 1.63. The molecule has 0 amide bonds. The van der Waals surface area contributed by atoms with E-state index < -0.39 is 5.97 Å². The summed E-state index contributed by atoms with van der Waals surface area (Å²) in [5.41, 5.74) is 4.63. The van der Waals surface area contributed by atoms with Crippen molar-refractivity contribution < 1.29 is 14.6 Å². The summed E-state index contributed by atoms with van der Waals surface area (Å²) in [5.74, 6) is -0.0332. The molecule has 0 aromatic heterocycles. The molecule has 0 aliphatic heterocycles. The molecular formula is C14H18O3. The fourth-order valence-corrected chi connectivity index (χ4v) is 2.07. The molecule has 1 aromatic carbocycles. The van der Waals surface area contributed by atoms with Crippen molar-refractivity contribution in [1.82, 2.24) is 0 Å². The number of hydrogen-bond donors (Lipinski definition) is 1. The van der Waals surface area contributed by atoms with Gasteiger partial charge in [-0.05, 0) is 54.7 Å². The van der Waals surface area contributed by atoms with Gasteiger partial charge >= 0.3 is 5.97 Å². The lowest BCUT2D eigenvalue weighted by Gasteiger charge is -2.16. The van der Waals surface area contributed by atoms with Gasteiger partial charge in [0.05, 0.1) is 13.5 Å². The quantitative estimate of drug-likeness (QED) is 0.870. The summed E-state index contributed by atoms with van der Waals surface area (Å²) < 4.78 is 5.28. The first-order valence-corrected chi connectivity index (χ1v) is 5.43. The van der Waals surface area contributed by atoms with E-state index in [4.69, 9.17) is 9.84 Å². The molecule has 0 fully saturated rings. The average molecular weight is 234 g/mol. The standard InChI is InChI=1S/C14H18O3/c1-8-6-12(17-5)10(3)11(4)14(8)9(2)7-13(15)16/h6H,2,7H2,1,3-5H3,(H,15,16). The predicted octanol–water partition coefficient (Wildman–Crippen LogP) is 3.11. The van der Waals surface area contributed by atoms with Crippen LogP contribution in [0.3, 0.4) is 0 Å². The molecule has 0 atom stereocenters. The van der Waals surface area contributed by atoms with Gasteiger partial charge in [-0.2, -0.15) is 0 Å². The van der Waals surface area contributed by atoms with Crippen LogP contribution >= 0.6 is 0 Å². The zero-order valence-corrected chi connectivity index (χ0v) is 10.8. The summed E-state index contributed by atoms with van der Waals surface area (Å²) in [6.45, 7) is 9.73. The molecule has 0 aliphatic carbocycles. The van der Waals surface area contributed by atoms with E-state index in [0.717, 1.165) is 28.0 Å². The Balaban J connectivity index is 3.30. The molecule has 0 saturated carbocycles. The normalized spacial score (nSPS) is 10.1. The lowest BCUT2D eigenvalue weighted by Crippen LogP contribution is -2.02. The van der Waals surface area contributed by atoms with Crippen LogP contribution in [0.1, 0.15) is 28.7 Å². The number of ether oxygens (including phenoxy) is 1. The van der Waals surface area contributed by atoms with Crippen molar-refractivity contribution in [2.45, 2.75) is 27.2 Å². The number of carboxylic acids is 1. The van der Waals surface area contributed by atoms with Crippen molar-refractivity contribution in [3.63, 3.8) is 0 Å². The van der Waals surface area contributed by atoms with E-state index in [1.165, 1.54) is 0 Å². The van der Waals surface area contributed by atoms with Crippen molar-refractivity contribution in [2.75, 3.05) is 7.11 Å². The monoisotopic (exact) mass is 234 g/mol. The molecule has 1 aromatic rings. The first-order valence-electron chi connectivity index (χ1n) is 5.43. The van der Waals surface area contributed by atoms with E-state index in [1.807, 2.05) is 26.8 Å². The summed E-state index contributed by atoms with van der Waals surface area (Å²) in [4.78, 5) is 10.7. The molecular weight excluding hydrogens is 216 g/mol. The Labute approximate surface area is 102 Å². The highest BCUT2D eigenvalue weighted by Gasteiger charge is 2.14. The van der Waals surface area contributed by atoms with Crippen LogP contribution in [-0.4, -0.2) is 18.2 Å². The molecule has 0 unspecified atom stereocenters. The lowest BCUT2D eigenvalue weighted by atomic mass is 9.91. The highest BCUT2D eigenvalue weighted by molar-refractivity contribution is 5.85. The fraction of sp³-hybridized carbons (Fsp3) is 0.357. The highest BCUT2D eigenvalue weighted by Crippen LogP contribution is 2.32. The maximum absolute atomic E-state index is 10.7. The molecule has 0 heterocycles. The maximum atomic E-state index is 10.7. The molecule has 3 nitrogen and oxygen atoms in total. The van der Waals surface area contributed by atoms with Crippen LogP contribution in [0, 0.1) is 20.8 Å². The van der Waals surface area contributed by atoms with Crippen molar-refractivity contribution >= 4 is 11.5 Å². The van der Waals surface area contributed by atoms with Crippen molar-refractivity contribution in [2.24, 2.45) is 0 Å². The minimum absolute atomic E-state index is 0.0343. The largest absolute Gasteiger partial charge is 0.496 e. The Morgan fingerprint density at radius 2 is 1.94 bits per heavy atom. The van der Waals surface area contributed by atoms with E-state index in [9.17, 15) is 4.79 Å². The smallest absolute Gasteiger partial charge is 0.307 e. The van der Waals surface area contributed by atoms with Crippen LogP contribution in [0.15, 0.2) is 12.6 Å². The van der Waals surface area contributed by atoms with Gasteiger partial charge in [-0.1, -0.05) is 6.58 Å². The second kappa shape index (κ2) is 5.04. The maximum Gasteiger partial charge on any atom is 0.307 e. The van der Waals surface area contributed by atoms with Gasteiger partial charge in [-0.15, -0.1) is 0 Å². The summed E-state index contributed by atoms with van der Waals surface area (Å²) >= 11 is 0. The number of aryl methyl sites for hydroxylation is 1. The molecule has 1 rings (SSSR count). The highest BCUT2D eigenvalue weighted by atomic mass is 16.5. The Kier molecular flexibility index (Phi) is 3.94. The van der Waals surface area contributed by atoms with E-state index in [-0.39, 0.29) is 6.42 Å². The van der Waals surface area contributed by atoms with Crippen LogP contribution < -0.4 is 4.74 Å². The van der Waals surface area contributed by atoms with Gasteiger partial charge in [0.2, 0.25) is 0 Å². The number of methoxy groups -OCH3 is 1. The average Bonchev–Trinajstić information content (AvgIpc) is 2.22. The van der Waals surface area contributed by atoms with Crippen LogP contribution in [0.4, 0.5) is 0 Å². The minimum atomic E-state index is -0.859. The van der Waals surface area contributed by atoms with E-state index in [0.29, 0.717) is 5.57 Å². The minimum Gasteiger partial charge on any atom is -0.496 e. The zero-order chi connectivity index (χ0) is 13.2. The van der Waals surface area contributed by atoms with Gasteiger partial charge in [0.1, 0.15) is 5.75 Å². The van der Waals surface area contributed by atoms with Crippen LogP contribution in [-0.2, 0) is 4.79 Å². The van der Waals surface area contributed by atoms with Crippen molar-refractivity contribution in [3.05, 3.63) is 34.9 Å². The molecule has 92 valence electrons. The fourth-order valence-electron chi connectivity index (χ4n) is 2.07. The number of carboxylic acid groups (broad SMARTS) is 1. The third kappa shape index (κ3) is 2.67. The molecule has 17 heavy (non-hydrogen) atoms. The lowest BCUT2D eigenvalue weighted by molar-refractivity contribution is -0.135. The van der Waals surface area contributed by atoms with Gasteiger partial charge in [0, 0.05) is 0 Å². The number of aliphatic carboxylic acids is 1. The topological polar surface area (TPSA) is 46.5 Å². The Morgan fingerprint density at radius 3 is 2.41 bits per heavy atom. The predicted molar refractivity (Wildman–Crippen MR) is 68.5 cm³/mol. The molecule has 0 radical (unpaired) electrons. The van der Waals surface area contributed by atoms with E-state index in [2.05, 4.69) is 6.58 Å². The van der Waals surface area contributed by atoms with Crippen molar-refractivity contribution in [3.8, 4) is 5.75 Å². The first kappa shape index (κ1) is 13.3. The zero-order valence-electron chi connectivity index (χ0n) is 10.8. The molecule has 3 heteroatoms.